The van der Waals surface area contributed by atoms with Gasteiger partial charge in [0.25, 0.3) is 0 Å². The first-order valence-electron chi connectivity index (χ1n) is 16.6. The fraction of sp³-hybridized carbons (Fsp3) is 0.133. The van der Waals surface area contributed by atoms with Gasteiger partial charge in [-0.05, 0) is 91.0 Å². The smallest absolute Gasteiger partial charge is 0.216 e. The van der Waals surface area contributed by atoms with Gasteiger partial charge < -0.3 is 14.4 Å². The molecule has 5 heteroatoms. The van der Waals surface area contributed by atoms with Crippen LogP contribution in [0.1, 0.15) is 33.5 Å². The number of hydrogen-bond acceptors (Lipinski definition) is 4. The molecule has 0 amide bonds. The molecule has 0 atom stereocenters. The molecule has 4 nitrogen and oxygen atoms in total. The summed E-state index contributed by atoms with van der Waals surface area (Å²) in [5.41, 5.74) is 14.8. The largest absolute Gasteiger partial charge is 0.486 e. The standard InChI is InChI=1S/C31H23N2O.C14H14N.Ir/c1-21-8-5-6-11-25(21)23-18-19-32-29(20-23)28-13-7-12-26-27-17-16-24(33-31(27)34-30(26)28)15-14-22-9-3-2-4-10-22;1-10-4-6-13(7-5-10)14-8-11(2)12(3)9-15-14;/h2-12,16-20H,14-15H2,1H3;4-6,8-9H,1-3H3;/q2*-1;. The van der Waals surface area contributed by atoms with Crippen molar-refractivity contribution in [3.8, 4) is 33.6 Å². The normalized spacial score (nSPS) is 10.8. The number of hydrogen-bond donors (Lipinski definition) is 0. The zero-order valence-electron chi connectivity index (χ0n) is 28.6. The molecule has 249 valence electrons. The number of furan rings is 1. The van der Waals surface area contributed by atoms with Crippen LogP contribution in [0.15, 0.2) is 132 Å². The molecule has 0 N–H and O–H groups in total. The van der Waals surface area contributed by atoms with E-state index in [0.29, 0.717) is 5.71 Å². The van der Waals surface area contributed by atoms with Gasteiger partial charge in [-0.1, -0.05) is 90.2 Å². The summed E-state index contributed by atoms with van der Waals surface area (Å²) in [7, 11) is 0. The molecule has 0 saturated carbocycles. The Morgan fingerprint density at radius 2 is 1.48 bits per heavy atom. The second-order valence-corrected chi connectivity index (χ2v) is 12.5. The molecule has 0 aliphatic carbocycles. The molecule has 8 rings (SSSR count). The Hall–Kier alpha value is -5.22. The number of aryl methyl sites for hydroxylation is 6. The van der Waals surface area contributed by atoms with Gasteiger partial charge in [-0.2, -0.15) is 0 Å². The summed E-state index contributed by atoms with van der Waals surface area (Å²) in [6.07, 6.45) is 5.59. The van der Waals surface area contributed by atoms with Crippen LogP contribution in [0.4, 0.5) is 0 Å². The van der Waals surface area contributed by atoms with Gasteiger partial charge in [-0.25, -0.2) is 4.98 Å². The fourth-order valence-electron chi connectivity index (χ4n) is 5.97. The molecule has 4 heterocycles. The Kier molecular flexibility index (Phi) is 10.8. The first-order chi connectivity index (χ1) is 23.9. The number of pyridine rings is 3. The van der Waals surface area contributed by atoms with Crippen LogP contribution >= 0.6 is 0 Å². The van der Waals surface area contributed by atoms with E-state index in [2.05, 4.69) is 135 Å². The first kappa shape index (κ1) is 34.6. The summed E-state index contributed by atoms with van der Waals surface area (Å²) < 4.78 is 6.32. The summed E-state index contributed by atoms with van der Waals surface area (Å²) in [6.45, 7) is 8.37. The van der Waals surface area contributed by atoms with E-state index in [-0.39, 0.29) is 20.1 Å². The van der Waals surface area contributed by atoms with Crippen LogP contribution in [0.5, 0.6) is 0 Å². The van der Waals surface area contributed by atoms with Crippen molar-refractivity contribution in [1.29, 1.82) is 0 Å². The van der Waals surface area contributed by atoms with E-state index >= 15 is 0 Å². The van der Waals surface area contributed by atoms with Gasteiger partial charge in [0.1, 0.15) is 0 Å². The molecule has 50 heavy (non-hydrogen) atoms. The third-order valence-corrected chi connectivity index (χ3v) is 8.96. The molecule has 8 aromatic rings. The van der Waals surface area contributed by atoms with Crippen LogP contribution in [0.25, 0.3) is 55.7 Å². The van der Waals surface area contributed by atoms with E-state index < -0.39 is 0 Å². The predicted octanol–water partition coefficient (Wildman–Crippen LogP) is 11.1. The Morgan fingerprint density at radius 1 is 0.660 bits per heavy atom. The van der Waals surface area contributed by atoms with Crippen LogP contribution < -0.4 is 0 Å². The Balaban J connectivity index is 0.000000227. The molecule has 0 aliphatic heterocycles. The maximum atomic E-state index is 6.32. The van der Waals surface area contributed by atoms with Crippen molar-refractivity contribution < 1.29 is 24.5 Å². The second-order valence-electron chi connectivity index (χ2n) is 12.5. The monoisotopic (exact) mass is 828 g/mol. The summed E-state index contributed by atoms with van der Waals surface area (Å²) in [6, 6.07) is 46.1. The van der Waals surface area contributed by atoms with Gasteiger partial charge in [0.2, 0.25) is 5.71 Å². The van der Waals surface area contributed by atoms with Gasteiger partial charge in [-0.3, -0.25) is 0 Å². The predicted molar refractivity (Wildman–Crippen MR) is 200 cm³/mol. The van der Waals surface area contributed by atoms with Crippen molar-refractivity contribution in [1.82, 2.24) is 15.0 Å². The Morgan fingerprint density at radius 3 is 2.26 bits per heavy atom. The molecular formula is C45H37IrN3O-2. The van der Waals surface area contributed by atoms with Crippen molar-refractivity contribution in [2.75, 3.05) is 0 Å². The minimum atomic E-state index is 0. The fourth-order valence-corrected chi connectivity index (χ4v) is 5.97. The van der Waals surface area contributed by atoms with E-state index in [1.807, 2.05) is 42.7 Å². The average molecular weight is 828 g/mol. The number of fused-ring (bicyclic) bond motifs is 3. The van der Waals surface area contributed by atoms with Gasteiger partial charge in [0, 0.05) is 43.6 Å². The maximum absolute atomic E-state index is 6.32. The molecular weight excluding hydrogens is 791 g/mol. The SMILES string of the molecule is Cc1c[c-]c(-c2cc(C)c(C)cn2)cc1.Cc1ccccc1-c1ccnc(-c2[c-]ccc3c2oc2nc(CCc4ccccc4)ccc23)c1.[Ir]. The molecule has 0 aliphatic rings. The van der Waals surface area contributed by atoms with Crippen molar-refractivity contribution in [3.63, 3.8) is 0 Å². The van der Waals surface area contributed by atoms with Crippen LogP contribution in [0.3, 0.4) is 0 Å². The maximum Gasteiger partial charge on any atom is 0.216 e. The molecule has 4 aromatic heterocycles. The molecule has 0 spiro atoms. The first-order valence-corrected chi connectivity index (χ1v) is 16.6. The van der Waals surface area contributed by atoms with Crippen molar-refractivity contribution in [2.24, 2.45) is 0 Å². The van der Waals surface area contributed by atoms with Crippen molar-refractivity contribution >= 4 is 22.1 Å². The zero-order chi connectivity index (χ0) is 33.7. The second kappa shape index (κ2) is 15.6. The van der Waals surface area contributed by atoms with Crippen LogP contribution in [0.2, 0.25) is 0 Å². The van der Waals surface area contributed by atoms with Gasteiger partial charge in [0.05, 0.1) is 5.58 Å². The number of nitrogens with zero attached hydrogens (tertiary/aromatic N) is 3. The zero-order valence-corrected chi connectivity index (χ0v) is 31.0. The van der Waals surface area contributed by atoms with E-state index in [0.717, 1.165) is 63.0 Å². The van der Waals surface area contributed by atoms with Crippen molar-refractivity contribution in [2.45, 2.75) is 40.5 Å². The molecule has 1 radical (unpaired) electrons. The van der Waals surface area contributed by atoms with E-state index in [4.69, 9.17) is 9.40 Å². The van der Waals surface area contributed by atoms with Crippen molar-refractivity contribution in [3.05, 3.63) is 173 Å². The summed E-state index contributed by atoms with van der Waals surface area (Å²) >= 11 is 0. The number of rotatable bonds is 6. The van der Waals surface area contributed by atoms with Crippen LogP contribution in [0, 0.1) is 39.8 Å². The molecule has 0 saturated heterocycles. The molecule has 0 fully saturated rings. The van der Waals surface area contributed by atoms with Gasteiger partial charge in [-0.15, -0.1) is 53.6 Å². The quantitative estimate of drug-likeness (QED) is 0.157. The minimum absolute atomic E-state index is 0. The van der Waals surface area contributed by atoms with E-state index in [9.17, 15) is 0 Å². The topological polar surface area (TPSA) is 51.8 Å². The minimum Gasteiger partial charge on any atom is -0.486 e. The summed E-state index contributed by atoms with van der Waals surface area (Å²) in [4.78, 5) is 13.9. The number of aromatic nitrogens is 3. The Bertz CT molecular complexity index is 2380. The van der Waals surface area contributed by atoms with Crippen LogP contribution in [-0.4, -0.2) is 15.0 Å². The third kappa shape index (κ3) is 7.65. The number of benzene rings is 4. The Labute approximate surface area is 307 Å². The summed E-state index contributed by atoms with van der Waals surface area (Å²) in [5.74, 6) is 0. The summed E-state index contributed by atoms with van der Waals surface area (Å²) in [5, 5.41) is 2.05. The van der Waals surface area contributed by atoms with Gasteiger partial charge in [0.15, 0.2) is 0 Å². The molecule has 0 unspecified atom stereocenters. The van der Waals surface area contributed by atoms with Gasteiger partial charge >= 0.3 is 0 Å². The van der Waals surface area contributed by atoms with E-state index in [1.165, 1.54) is 33.4 Å². The third-order valence-electron chi connectivity index (χ3n) is 8.96. The molecule has 4 aromatic carbocycles. The van der Waals surface area contributed by atoms with E-state index in [1.54, 1.807) is 0 Å². The average Bonchev–Trinajstić information content (AvgIpc) is 3.51. The van der Waals surface area contributed by atoms with Crippen LogP contribution in [-0.2, 0) is 32.9 Å². The molecule has 0 bridgehead atoms.